The van der Waals surface area contributed by atoms with Crippen LogP contribution in [0.15, 0.2) is 42.0 Å². The first kappa shape index (κ1) is 19.7. The molecule has 0 saturated carbocycles. The zero-order valence-corrected chi connectivity index (χ0v) is 16.8. The summed E-state index contributed by atoms with van der Waals surface area (Å²) in [6, 6.07) is 9.35. The Morgan fingerprint density at radius 1 is 1.04 bits per heavy atom. The first-order chi connectivity index (χ1) is 13.1. The number of anilines is 1. The van der Waals surface area contributed by atoms with Gasteiger partial charge in [-0.3, -0.25) is 4.79 Å². The number of hydrogen-bond donors (Lipinski definition) is 2. The number of carboxylic acids is 1. The Morgan fingerprint density at radius 2 is 1.64 bits per heavy atom. The molecule has 0 aromatic heterocycles. The minimum atomic E-state index is -1.17. The van der Waals surface area contributed by atoms with Crippen LogP contribution >= 0.6 is 0 Å². The van der Waals surface area contributed by atoms with Crippen molar-refractivity contribution in [2.75, 3.05) is 11.4 Å². The summed E-state index contributed by atoms with van der Waals surface area (Å²) in [7, 11) is 0. The number of aromatic hydroxyl groups is 1. The van der Waals surface area contributed by atoms with Gasteiger partial charge < -0.3 is 15.1 Å². The van der Waals surface area contributed by atoms with Gasteiger partial charge in [0, 0.05) is 29.4 Å². The van der Waals surface area contributed by atoms with Gasteiger partial charge in [0.1, 0.15) is 5.75 Å². The third kappa shape index (κ3) is 2.87. The van der Waals surface area contributed by atoms with Crippen LogP contribution in [0.3, 0.4) is 0 Å². The lowest BCUT2D eigenvalue weighted by Crippen LogP contribution is -2.47. The molecule has 2 N–H and O–H groups in total. The fourth-order valence-electron chi connectivity index (χ4n) is 4.03. The Balaban J connectivity index is 2.22. The largest absolute Gasteiger partial charge is 0.507 e. The second kappa shape index (κ2) is 6.82. The van der Waals surface area contributed by atoms with E-state index in [1.54, 1.807) is 24.3 Å². The zero-order chi connectivity index (χ0) is 20.8. The molecule has 0 aliphatic carbocycles. The van der Waals surface area contributed by atoms with Crippen molar-refractivity contribution in [3.63, 3.8) is 0 Å². The molecule has 2 aromatic rings. The summed E-state index contributed by atoms with van der Waals surface area (Å²) in [6.45, 7) is 11.2. The van der Waals surface area contributed by atoms with Gasteiger partial charge in [-0.1, -0.05) is 18.2 Å². The van der Waals surface area contributed by atoms with E-state index in [4.69, 9.17) is 0 Å². The van der Waals surface area contributed by atoms with Crippen molar-refractivity contribution in [2.45, 2.75) is 40.2 Å². The number of allylic oxidation sites excluding steroid dienone is 1. The van der Waals surface area contributed by atoms with Crippen LogP contribution in [0.1, 0.15) is 66.5 Å². The van der Waals surface area contributed by atoms with Gasteiger partial charge in [0.05, 0.1) is 16.7 Å². The van der Waals surface area contributed by atoms with E-state index < -0.39 is 11.8 Å². The average molecular weight is 379 g/mol. The Bertz CT molecular complexity index is 1020. The Hall–Kier alpha value is -3.08. The zero-order valence-electron chi connectivity index (χ0n) is 16.8. The molecule has 2 aromatic carbocycles. The summed E-state index contributed by atoms with van der Waals surface area (Å²) in [5.41, 5.74) is 3.89. The maximum atomic E-state index is 13.1. The lowest BCUT2D eigenvalue weighted by Gasteiger charge is -2.46. The van der Waals surface area contributed by atoms with Gasteiger partial charge in [0.2, 0.25) is 0 Å². The van der Waals surface area contributed by atoms with Crippen LogP contribution in [0.4, 0.5) is 5.69 Å². The third-order valence-corrected chi connectivity index (χ3v) is 5.93. The predicted octanol–water partition coefficient (Wildman–Crippen LogP) is 4.73. The number of carboxylic acid groups (broad SMARTS) is 1. The highest BCUT2D eigenvalue weighted by atomic mass is 16.4. The molecular weight excluding hydrogens is 354 g/mol. The summed E-state index contributed by atoms with van der Waals surface area (Å²) in [4.78, 5) is 26.8. The average Bonchev–Trinajstić information content (AvgIpc) is 2.66. The second-order valence-electron chi connectivity index (χ2n) is 7.62. The van der Waals surface area contributed by atoms with Crippen molar-refractivity contribution in [1.82, 2.24) is 0 Å². The molecule has 5 heteroatoms. The first-order valence-corrected chi connectivity index (χ1v) is 9.31. The van der Waals surface area contributed by atoms with Crippen molar-refractivity contribution >= 4 is 23.0 Å². The molecule has 0 atom stereocenters. The molecule has 0 unspecified atom stereocenters. The molecule has 0 saturated heterocycles. The molecule has 3 rings (SSSR count). The van der Waals surface area contributed by atoms with Gasteiger partial charge in [-0.2, -0.15) is 0 Å². The number of fused-ring (bicyclic) bond motifs is 1. The number of phenols is 1. The van der Waals surface area contributed by atoms with E-state index in [1.165, 1.54) is 17.7 Å². The van der Waals surface area contributed by atoms with Crippen molar-refractivity contribution in [3.05, 3.63) is 64.2 Å². The SMILES string of the molecule is CCN1c2cc(O)c(C(=O)c3ccccc3C(=O)O)cc2C(C)=C(C)C1(C)C. The maximum Gasteiger partial charge on any atom is 0.336 e. The number of carbonyl (C=O) groups excluding carboxylic acids is 1. The molecule has 1 aliphatic heterocycles. The highest BCUT2D eigenvalue weighted by molar-refractivity contribution is 6.16. The highest BCUT2D eigenvalue weighted by Crippen LogP contribution is 2.45. The van der Waals surface area contributed by atoms with Crippen LogP contribution in [-0.4, -0.2) is 34.0 Å². The van der Waals surface area contributed by atoms with Crippen LogP contribution in [0.5, 0.6) is 5.75 Å². The lowest BCUT2D eigenvalue weighted by molar-refractivity contribution is 0.0692. The predicted molar refractivity (Wildman–Crippen MR) is 110 cm³/mol. The van der Waals surface area contributed by atoms with Crippen LogP contribution < -0.4 is 4.90 Å². The molecule has 5 nitrogen and oxygen atoms in total. The quantitative estimate of drug-likeness (QED) is 0.751. The normalized spacial score (nSPS) is 15.4. The van der Waals surface area contributed by atoms with Gasteiger partial charge in [0.25, 0.3) is 0 Å². The number of aromatic carboxylic acids is 1. The standard InChI is InChI=1S/C23H25NO4/c1-6-24-19-12-20(25)18(11-17(19)13(2)14(3)23(24,4)5)21(26)15-9-7-8-10-16(15)22(27)28/h7-12,25H,6H2,1-5H3,(H,27,28). The molecule has 1 heterocycles. The van der Waals surface area contributed by atoms with E-state index in [2.05, 4.69) is 32.6 Å². The molecule has 146 valence electrons. The summed E-state index contributed by atoms with van der Waals surface area (Å²) >= 11 is 0. The number of hydrogen-bond acceptors (Lipinski definition) is 4. The first-order valence-electron chi connectivity index (χ1n) is 9.31. The molecule has 0 amide bonds. The summed E-state index contributed by atoms with van der Waals surface area (Å²) in [6.07, 6.45) is 0. The van der Waals surface area contributed by atoms with Crippen molar-refractivity contribution in [3.8, 4) is 5.75 Å². The lowest BCUT2D eigenvalue weighted by atomic mass is 9.81. The van der Waals surface area contributed by atoms with Gasteiger partial charge in [-0.15, -0.1) is 0 Å². The Morgan fingerprint density at radius 3 is 2.21 bits per heavy atom. The second-order valence-corrected chi connectivity index (χ2v) is 7.62. The van der Waals surface area contributed by atoms with Crippen molar-refractivity contribution < 1.29 is 19.8 Å². The van der Waals surface area contributed by atoms with Crippen LogP contribution in [0.25, 0.3) is 5.57 Å². The number of nitrogens with zero attached hydrogens (tertiary/aromatic N) is 1. The molecule has 0 spiro atoms. The number of ketones is 1. The van der Waals surface area contributed by atoms with Crippen molar-refractivity contribution in [1.29, 1.82) is 0 Å². The monoisotopic (exact) mass is 379 g/mol. The number of rotatable bonds is 4. The summed E-state index contributed by atoms with van der Waals surface area (Å²) < 4.78 is 0. The molecule has 0 radical (unpaired) electrons. The van der Waals surface area contributed by atoms with Crippen molar-refractivity contribution in [2.24, 2.45) is 0 Å². The van der Waals surface area contributed by atoms with E-state index in [0.717, 1.165) is 23.4 Å². The van der Waals surface area contributed by atoms with Gasteiger partial charge in [0.15, 0.2) is 5.78 Å². The molecular formula is C23H25NO4. The highest BCUT2D eigenvalue weighted by Gasteiger charge is 2.36. The molecule has 0 fully saturated rings. The smallest absolute Gasteiger partial charge is 0.336 e. The fraction of sp³-hybridized carbons (Fsp3) is 0.304. The Labute approximate surface area is 164 Å². The van der Waals surface area contributed by atoms with E-state index in [0.29, 0.717) is 0 Å². The Kier molecular flexibility index (Phi) is 4.79. The van der Waals surface area contributed by atoms with Gasteiger partial charge >= 0.3 is 5.97 Å². The minimum Gasteiger partial charge on any atom is -0.507 e. The molecule has 1 aliphatic rings. The summed E-state index contributed by atoms with van der Waals surface area (Å²) in [5.74, 6) is -1.82. The minimum absolute atomic E-state index is 0.0621. The van der Waals surface area contributed by atoms with Crippen LogP contribution in [-0.2, 0) is 0 Å². The van der Waals surface area contributed by atoms with Gasteiger partial charge in [-0.05, 0) is 57.9 Å². The fourth-order valence-corrected chi connectivity index (χ4v) is 4.03. The van der Waals surface area contributed by atoms with E-state index in [1.807, 2.05) is 6.92 Å². The van der Waals surface area contributed by atoms with E-state index in [9.17, 15) is 19.8 Å². The third-order valence-electron chi connectivity index (χ3n) is 5.93. The van der Waals surface area contributed by atoms with E-state index >= 15 is 0 Å². The molecule has 0 bridgehead atoms. The van der Waals surface area contributed by atoms with E-state index in [-0.39, 0.29) is 28.0 Å². The number of carbonyl (C=O) groups is 2. The topological polar surface area (TPSA) is 77.8 Å². The van der Waals surface area contributed by atoms with Crippen LogP contribution in [0.2, 0.25) is 0 Å². The maximum absolute atomic E-state index is 13.1. The molecule has 28 heavy (non-hydrogen) atoms. The number of benzene rings is 2. The summed E-state index contributed by atoms with van der Waals surface area (Å²) in [5, 5.41) is 20.0. The van der Waals surface area contributed by atoms with Gasteiger partial charge in [-0.25, -0.2) is 4.79 Å². The van der Waals surface area contributed by atoms with Crippen LogP contribution in [0, 0.1) is 0 Å². The number of likely N-dealkylation sites (N-methyl/N-ethyl adjacent to an activating group) is 1. The number of phenolic OH excluding ortho intramolecular Hbond substituents is 1.